The van der Waals surface area contributed by atoms with E-state index >= 15 is 0 Å². The zero-order valence-electron chi connectivity index (χ0n) is 14.7. The van der Waals surface area contributed by atoms with Gasteiger partial charge in [-0.3, -0.25) is 4.79 Å². The summed E-state index contributed by atoms with van der Waals surface area (Å²) in [4.78, 5) is 14.6. The number of piperidine rings is 1. The van der Waals surface area contributed by atoms with E-state index in [0.29, 0.717) is 30.1 Å². The predicted molar refractivity (Wildman–Crippen MR) is 108 cm³/mol. The summed E-state index contributed by atoms with van der Waals surface area (Å²) in [7, 11) is -1.64. The molecule has 0 bridgehead atoms. The Morgan fingerprint density at radius 2 is 1.96 bits per heavy atom. The van der Waals surface area contributed by atoms with Crippen LogP contribution in [-0.4, -0.2) is 38.8 Å². The second kappa shape index (κ2) is 7.80. The van der Waals surface area contributed by atoms with E-state index < -0.39 is 10.0 Å². The third kappa shape index (κ3) is 3.88. The van der Waals surface area contributed by atoms with E-state index in [2.05, 4.69) is 15.9 Å². The third-order valence-electron chi connectivity index (χ3n) is 4.74. The quantitative estimate of drug-likeness (QED) is 0.700. The highest BCUT2D eigenvalue weighted by Gasteiger charge is 2.34. The van der Waals surface area contributed by atoms with Crippen molar-refractivity contribution in [2.45, 2.75) is 24.0 Å². The number of nitrogens with zero attached hydrogens (tertiary/aromatic N) is 2. The average molecular weight is 457 g/mol. The fourth-order valence-electron chi connectivity index (χ4n) is 3.27. The number of sulfonamides is 1. The Morgan fingerprint density at radius 3 is 2.54 bits per heavy atom. The number of hydrogen-bond acceptors (Lipinski definition) is 4. The number of halogens is 1. The maximum absolute atomic E-state index is 12.9. The van der Waals surface area contributed by atoms with Crippen LogP contribution in [-0.2, 0) is 14.8 Å². The van der Waals surface area contributed by atoms with Gasteiger partial charge in [0.15, 0.2) is 0 Å². The first kappa shape index (κ1) is 19.5. The van der Waals surface area contributed by atoms with Crippen molar-refractivity contribution in [3.8, 4) is 0 Å². The van der Waals surface area contributed by atoms with Crippen molar-refractivity contribution in [3.63, 3.8) is 0 Å². The molecule has 1 aromatic carbocycles. The van der Waals surface area contributed by atoms with Gasteiger partial charge in [0.2, 0.25) is 5.91 Å². The first-order valence-electron chi connectivity index (χ1n) is 8.38. The van der Waals surface area contributed by atoms with Crippen LogP contribution in [0.2, 0.25) is 0 Å². The molecule has 2 aromatic rings. The largest absolute Gasteiger partial charge is 0.315 e. The average Bonchev–Trinajstić information content (AvgIpc) is 3.16. The van der Waals surface area contributed by atoms with Crippen LogP contribution in [0.3, 0.4) is 0 Å². The number of rotatable bonds is 4. The Balaban J connectivity index is 1.67. The van der Waals surface area contributed by atoms with E-state index in [4.69, 9.17) is 0 Å². The third-order valence-corrected chi connectivity index (χ3v) is 8.51. The zero-order valence-corrected chi connectivity index (χ0v) is 17.9. The molecule has 3 rings (SSSR count). The summed E-state index contributed by atoms with van der Waals surface area (Å²) in [6, 6.07) is 9.19. The summed E-state index contributed by atoms with van der Waals surface area (Å²) < 4.78 is 28.0. The van der Waals surface area contributed by atoms with Crippen LogP contribution in [0.15, 0.2) is 44.4 Å². The van der Waals surface area contributed by atoms with Crippen molar-refractivity contribution in [3.05, 3.63) is 45.7 Å². The van der Waals surface area contributed by atoms with E-state index in [1.165, 1.54) is 15.6 Å². The first-order chi connectivity index (χ1) is 12.3. The monoisotopic (exact) mass is 456 g/mol. The lowest BCUT2D eigenvalue weighted by Gasteiger charge is -2.32. The maximum atomic E-state index is 12.9. The molecule has 1 saturated heterocycles. The van der Waals surface area contributed by atoms with E-state index in [1.807, 2.05) is 25.1 Å². The van der Waals surface area contributed by atoms with E-state index in [1.54, 1.807) is 29.5 Å². The molecule has 0 unspecified atom stereocenters. The van der Waals surface area contributed by atoms with Crippen molar-refractivity contribution in [1.29, 1.82) is 0 Å². The second-order valence-corrected chi connectivity index (χ2v) is 10.5. The Bertz CT molecular complexity index is 889. The number of aryl methyl sites for hydroxylation is 1. The van der Waals surface area contributed by atoms with Crippen molar-refractivity contribution in [2.75, 3.05) is 25.0 Å². The summed E-state index contributed by atoms with van der Waals surface area (Å²) in [5.74, 6) is -0.110. The molecule has 0 aliphatic carbocycles. The molecule has 1 aliphatic rings. The zero-order chi connectivity index (χ0) is 18.9. The smallest absolute Gasteiger partial charge is 0.252 e. The van der Waals surface area contributed by atoms with E-state index in [0.717, 1.165) is 15.7 Å². The van der Waals surface area contributed by atoms with Crippen LogP contribution >= 0.6 is 27.3 Å². The molecule has 0 atom stereocenters. The van der Waals surface area contributed by atoms with Gasteiger partial charge in [-0.1, -0.05) is 22.0 Å². The second-order valence-electron chi connectivity index (χ2n) is 6.44. The molecule has 1 aromatic heterocycles. The van der Waals surface area contributed by atoms with Gasteiger partial charge in [0.25, 0.3) is 10.0 Å². The summed E-state index contributed by atoms with van der Waals surface area (Å²) in [5.41, 5.74) is 1.90. The van der Waals surface area contributed by atoms with Gasteiger partial charge in [-0.25, -0.2) is 8.42 Å². The summed E-state index contributed by atoms with van der Waals surface area (Å²) in [6.45, 7) is 2.73. The number of hydrogen-bond donors (Lipinski definition) is 0. The molecule has 140 valence electrons. The highest BCUT2D eigenvalue weighted by atomic mass is 79.9. The van der Waals surface area contributed by atoms with Crippen LogP contribution in [0.25, 0.3) is 0 Å². The Morgan fingerprint density at radius 1 is 1.27 bits per heavy atom. The van der Waals surface area contributed by atoms with E-state index in [-0.39, 0.29) is 11.8 Å². The number of benzene rings is 1. The normalized spacial score (nSPS) is 16.6. The fourth-order valence-corrected chi connectivity index (χ4v) is 6.36. The molecule has 0 radical (unpaired) electrons. The van der Waals surface area contributed by atoms with Gasteiger partial charge >= 0.3 is 0 Å². The van der Waals surface area contributed by atoms with Crippen LogP contribution in [0, 0.1) is 12.8 Å². The molecule has 5 nitrogen and oxygen atoms in total. The number of amides is 1. The Hall–Kier alpha value is -1.22. The molecule has 1 amide bonds. The predicted octanol–water partition coefficient (Wildman–Crippen LogP) is 3.88. The van der Waals surface area contributed by atoms with Gasteiger partial charge in [-0.2, -0.15) is 4.31 Å². The Kier molecular flexibility index (Phi) is 5.86. The van der Waals surface area contributed by atoms with Crippen molar-refractivity contribution >= 4 is 48.9 Å². The standard InChI is InChI=1S/C18H21BrN2O3S2/c1-13-12-15(19)5-6-16(13)20(2)18(22)14-7-9-21(10-8-14)26(23,24)17-4-3-11-25-17/h3-6,11-12,14H,7-10H2,1-2H3. The van der Waals surface area contributed by atoms with Crippen molar-refractivity contribution in [1.82, 2.24) is 4.31 Å². The lowest BCUT2D eigenvalue weighted by Crippen LogP contribution is -2.43. The highest BCUT2D eigenvalue weighted by molar-refractivity contribution is 9.10. The molecule has 2 heterocycles. The van der Waals surface area contributed by atoms with Gasteiger partial charge in [0.1, 0.15) is 4.21 Å². The van der Waals surface area contributed by atoms with Crippen LogP contribution < -0.4 is 4.90 Å². The summed E-state index contributed by atoms with van der Waals surface area (Å²) in [5, 5.41) is 1.76. The lowest BCUT2D eigenvalue weighted by atomic mass is 9.96. The van der Waals surface area contributed by atoms with E-state index in [9.17, 15) is 13.2 Å². The molecule has 26 heavy (non-hydrogen) atoms. The molecule has 8 heteroatoms. The minimum Gasteiger partial charge on any atom is -0.315 e. The topological polar surface area (TPSA) is 57.7 Å². The van der Waals surface area contributed by atoms with Gasteiger partial charge in [-0.15, -0.1) is 11.3 Å². The minimum atomic E-state index is -3.43. The molecular weight excluding hydrogens is 436 g/mol. The lowest BCUT2D eigenvalue weighted by molar-refractivity contribution is -0.123. The molecule has 0 spiro atoms. The van der Waals surface area contributed by atoms with Crippen molar-refractivity contribution in [2.24, 2.45) is 5.92 Å². The van der Waals surface area contributed by atoms with Gasteiger partial charge in [0, 0.05) is 36.2 Å². The number of thiophene rings is 1. The molecule has 1 fully saturated rings. The first-order valence-corrected chi connectivity index (χ1v) is 11.5. The molecule has 0 saturated carbocycles. The highest BCUT2D eigenvalue weighted by Crippen LogP contribution is 2.29. The Labute approximate surface area is 166 Å². The van der Waals surface area contributed by atoms with Gasteiger partial charge in [0.05, 0.1) is 0 Å². The molecule has 1 aliphatic heterocycles. The summed E-state index contributed by atoms with van der Waals surface area (Å²) in [6.07, 6.45) is 1.09. The minimum absolute atomic E-state index is 0.0450. The number of carbonyl (C=O) groups excluding carboxylic acids is 1. The van der Waals surface area contributed by atoms with Gasteiger partial charge < -0.3 is 4.90 Å². The number of anilines is 1. The summed E-state index contributed by atoms with van der Waals surface area (Å²) >= 11 is 4.66. The van der Waals surface area contributed by atoms with Crippen molar-refractivity contribution < 1.29 is 13.2 Å². The molecular formula is C18H21BrN2O3S2. The maximum Gasteiger partial charge on any atom is 0.252 e. The SMILES string of the molecule is Cc1cc(Br)ccc1N(C)C(=O)C1CCN(S(=O)(=O)c2cccs2)CC1. The fraction of sp³-hybridized carbons (Fsp3) is 0.389. The van der Waals surface area contributed by atoms with Crippen LogP contribution in [0.5, 0.6) is 0 Å². The van der Waals surface area contributed by atoms with Crippen LogP contribution in [0.1, 0.15) is 18.4 Å². The van der Waals surface area contributed by atoms with Crippen LogP contribution in [0.4, 0.5) is 5.69 Å². The molecule has 0 N–H and O–H groups in total. The number of carbonyl (C=O) groups is 1. The van der Waals surface area contributed by atoms with Gasteiger partial charge in [-0.05, 0) is 55.0 Å².